The summed E-state index contributed by atoms with van der Waals surface area (Å²) in [6.45, 7) is 1.58. The number of aromatic nitrogens is 1. The second kappa shape index (κ2) is 9.39. The van der Waals surface area contributed by atoms with Gasteiger partial charge in [0.1, 0.15) is 23.4 Å². The number of halogens is 1. The number of ether oxygens (including phenoxy) is 3. The quantitative estimate of drug-likeness (QED) is 0.480. The topological polar surface area (TPSA) is 77.9 Å². The number of benzene rings is 2. The van der Waals surface area contributed by atoms with Crippen LogP contribution in [0.2, 0.25) is 0 Å². The third kappa shape index (κ3) is 4.13. The number of nitrogens with zero attached hydrogens (tertiary/aromatic N) is 1. The Bertz CT molecular complexity index is 1370. The van der Waals surface area contributed by atoms with E-state index in [1.165, 1.54) is 6.07 Å². The maximum Gasteiger partial charge on any atom is 0.304 e. The van der Waals surface area contributed by atoms with Gasteiger partial charge in [-0.25, -0.2) is 4.39 Å². The molecule has 0 fully saturated rings. The molecule has 1 aliphatic carbocycles. The fraction of sp³-hybridized carbons (Fsp3) is 0.310. The highest BCUT2D eigenvalue weighted by Crippen LogP contribution is 2.44. The predicted octanol–water partition coefficient (Wildman–Crippen LogP) is 5.71. The van der Waals surface area contributed by atoms with Gasteiger partial charge in [-0.3, -0.25) is 9.78 Å². The molecule has 3 heterocycles. The van der Waals surface area contributed by atoms with Crippen LogP contribution in [0.15, 0.2) is 54.7 Å². The van der Waals surface area contributed by atoms with E-state index in [0.717, 1.165) is 39.9 Å². The summed E-state index contributed by atoms with van der Waals surface area (Å²) >= 11 is 0. The molecule has 3 aliphatic rings. The van der Waals surface area contributed by atoms with E-state index in [-0.39, 0.29) is 18.2 Å². The number of hydrogen-bond donors (Lipinski definition) is 1. The molecule has 0 saturated heterocycles. The van der Waals surface area contributed by atoms with Gasteiger partial charge in [-0.05, 0) is 54.2 Å². The number of fused-ring (bicyclic) bond motifs is 2. The van der Waals surface area contributed by atoms with Crippen LogP contribution in [0.3, 0.4) is 0 Å². The lowest BCUT2D eigenvalue weighted by atomic mass is 9.92. The Morgan fingerprint density at radius 1 is 1.17 bits per heavy atom. The fourth-order valence-corrected chi connectivity index (χ4v) is 5.54. The van der Waals surface area contributed by atoms with Crippen LogP contribution in [-0.2, 0) is 16.0 Å². The zero-order valence-electron chi connectivity index (χ0n) is 19.7. The van der Waals surface area contributed by atoms with Gasteiger partial charge >= 0.3 is 5.97 Å². The van der Waals surface area contributed by atoms with Crippen LogP contribution in [0.1, 0.15) is 53.7 Å². The molecular formula is C29H26FNO5. The highest BCUT2D eigenvalue weighted by atomic mass is 19.1. The molecule has 36 heavy (non-hydrogen) atoms. The summed E-state index contributed by atoms with van der Waals surface area (Å²) in [5.74, 6) is -0.0718. The molecule has 6 rings (SSSR count). The molecule has 0 bridgehead atoms. The Hall–Kier alpha value is -3.71. The molecule has 0 spiro atoms. The van der Waals surface area contributed by atoms with Crippen LogP contribution in [-0.4, -0.2) is 35.9 Å². The van der Waals surface area contributed by atoms with Gasteiger partial charge in [0.2, 0.25) is 0 Å². The summed E-state index contributed by atoms with van der Waals surface area (Å²) in [5, 5.41) is 9.13. The third-order valence-corrected chi connectivity index (χ3v) is 7.21. The van der Waals surface area contributed by atoms with Crippen molar-refractivity contribution < 1.29 is 28.5 Å². The number of aliphatic carboxylic acids is 1. The molecule has 3 aromatic rings. The van der Waals surface area contributed by atoms with Gasteiger partial charge in [-0.1, -0.05) is 24.3 Å². The van der Waals surface area contributed by atoms with Crippen LogP contribution in [0.25, 0.3) is 16.7 Å². The lowest BCUT2D eigenvalue weighted by molar-refractivity contribution is -0.137. The Kier molecular flexibility index (Phi) is 5.93. The van der Waals surface area contributed by atoms with Crippen molar-refractivity contribution in [2.75, 3.05) is 19.8 Å². The molecule has 6 nitrogen and oxygen atoms in total. The van der Waals surface area contributed by atoms with Gasteiger partial charge in [0.05, 0.1) is 31.9 Å². The minimum absolute atomic E-state index is 0.0252. The van der Waals surface area contributed by atoms with Crippen molar-refractivity contribution in [1.29, 1.82) is 0 Å². The number of carboxylic acids is 1. The monoisotopic (exact) mass is 487 g/mol. The van der Waals surface area contributed by atoms with Gasteiger partial charge in [-0.15, -0.1) is 0 Å². The zero-order valence-corrected chi connectivity index (χ0v) is 19.7. The number of hydrogen-bond acceptors (Lipinski definition) is 5. The van der Waals surface area contributed by atoms with E-state index in [4.69, 9.17) is 19.3 Å². The second-order valence-corrected chi connectivity index (χ2v) is 9.39. The van der Waals surface area contributed by atoms with E-state index in [2.05, 4.69) is 11.1 Å². The first-order valence-corrected chi connectivity index (χ1v) is 12.3. The summed E-state index contributed by atoms with van der Waals surface area (Å²) in [5.41, 5.74) is 6.48. The maximum atomic E-state index is 15.2. The van der Waals surface area contributed by atoms with E-state index < -0.39 is 12.1 Å². The van der Waals surface area contributed by atoms with Crippen molar-refractivity contribution in [2.45, 2.75) is 37.7 Å². The Labute approximate surface area is 208 Å². The van der Waals surface area contributed by atoms with Crippen molar-refractivity contribution in [2.24, 2.45) is 0 Å². The lowest BCUT2D eigenvalue weighted by Gasteiger charge is -2.19. The average Bonchev–Trinajstić information content (AvgIpc) is 3.49. The third-order valence-electron chi connectivity index (χ3n) is 7.21. The van der Waals surface area contributed by atoms with Crippen LogP contribution < -0.4 is 9.47 Å². The molecular weight excluding hydrogens is 461 g/mol. The van der Waals surface area contributed by atoms with Crippen molar-refractivity contribution >= 4 is 11.5 Å². The summed E-state index contributed by atoms with van der Waals surface area (Å²) < 4.78 is 32.7. The molecule has 0 saturated carbocycles. The van der Waals surface area contributed by atoms with E-state index in [1.54, 1.807) is 12.3 Å². The predicted molar refractivity (Wildman–Crippen MR) is 132 cm³/mol. The van der Waals surface area contributed by atoms with Gasteiger partial charge in [0, 0.05) is 34.9 Å². The van der Waals surface area contributed by atoms with Gasteiger partial charge in [0.25, 0.3) is 0 Å². The Balaban J connectivity index is 1.31. The first-order chi connectivity index (χ1) is 17.6. The van der Waals surface area contributed by atoms with Crippen molar-refractivity contribution in [1.82, 2.24) is 4.98 Å². The minimum Gasteiger partial charge on any atom is -0.492 e. The molecule has 0 amide bonds. The number of carbonyl (C=O) groups is 1. The second-order valence-electron chi connectivity index (χ2n) is 9.39. The van der Waals surface area contributed by atoms with E-state index in [9.17, 15) is 4.79 Å². The SMILES string of the molecule is O=C(O)CC1COc2cc(OC3CCc4c(-c5cccnc5C5=CCOCC5)ccc(F)c43)ccc21. The van der Waals surface area contributed by atoms with E-state index >= 15 is 4.39 Å². The Morgan fingerprint density at radius 3 is 2.92 bits per heavy atom. The average molecular weight is 488 g/mol. The van der Waals surface area contributed by atoms with Crippen LogP contribution in [0.5, 0.6) is 11.5 Å². The molecule has 0 radical (unpaired) electrons. The van der Waals surface area contributed by atoms with Crippen LogP contribution >= 0.6 is 0 Å². The minimum atomic E-state index is -0.851. The molecule has 184 valence electrons. The Morgan fingerprint density at radius 2 is 2.08 bits per heavy atom. The molecule has 2 aromatic carbocycles. The van der Waals surface area contributed by atoms with E-state index in [0.29, 0.717) is 49.7 Å². The number of rotatable bonds is 6. The maximum absolute atomic E-state index is 15.2. The standard InChI is InChI=1S/C29H26FNO5/c30-24-7-5-21(23-2-1-11-31-29(23)17-9-12-34-13-10-17)22-6-8-25(28(22)24)36-19-3-4-20-18(14-27(32)33)16-35-26(20)15-19/h1-5,7,9,11,15,18,25H,6,8,10,12-14,16H2,(H,32,33). The summed E-state index contributed by atoms with van der Waals surface area (Å²) in [6.07, 6.45) is 5.63. The molecule has 1 N–H and O–H groups in total. The first-order valence-electron chi connectivity index (χ1n) is 12.3. The summed E-state index contributed by atoms with van der Waals surface area (Å²) in [4.78, 5) is 15.8. The molecule has 2 unspecified atom stereocenters. The lowest BCUT2D eigenvalue weighted by Crippen LogP contribution is -2.08. The fourth-order valence-electron chi connectivity index (χ4n) is 5.54. The van der Waals surface area contributed by atoms with Gasteiger partial charge < -0.3 is 19.3 Å². The molecule has 1 aromatic heterocycles. The first kappa shape index (κ1) is 22.7. The van der Waals surface area contributed by atoms with Crippen LogP contribution in [0, 0.1) is 5.82 Å². The van der Waals surface area contributed by atoms with Crippen LogP contribution in [0.4, 0.5) is 4.39 Å². The number of carboxylic acid groups (broad SMARTS) is 1. The molecule has 2 atom stereocenters. The zero-order chi connectivity index (χ0) is 24.6. The smallest absolute Gasteiger partial charge is 0.304 e. The summed E-state index contributed by atoms with van der Waals surface area (Å²) in [7, 11) is 0. The molecule has 7 heteroatoms. The van der Waals surface area contributed by atoms with Crippen molar-refractivity contribution in [3.63, 3.8) is 0 Å². The van der Waals surface area contributed by atoms with Gasteiger partial charge in [-0.2, -0.15) is 0 Å². The van der Waals surface area contributed by atoms with Crippen molar-refractivity contribution in [3.05, 3.63) is 82.9 Å². The van der Waals surface area contributed by atoms with Gasteiger partial charge in [0.15, 0.2) is 0 Å². The highest BCUT2D eigenvalue weighted by molar-refractivity contribution is 5.82. The summed E-state index contributed by atoms with van der Waals surface area (Å²) in [6, 6.07) is 12.8. The number of pyridine rings is 1. The molecule has 2 aliphatic heterocycles. The van der Waals surface area contributed by atoms with Crippen molar-refractivity contribution in [3.8, 4) is 22.6 Å². The highest BCUT2D eigenvalue weighted by Gasteiger charge is 2.32. The normalized spacial score (nSPS) is 20.3. The largest absolute Gasteiger partial charge is 0.492 e. The van der Waals surface area contributed by atoms with E-state index in [1.807, 2.05) is 30.3 Å².